The van der Waals surface area contributed by atoms with Gasteiger partial charge in [0.05, 0.1) is 11.0 Å². The molecule has 6 heteroatoms. The predicted octanol–water partition coefficient (Wildman–Crippen LogP) is 1.09. The second-order valence-corrected chi connectivity index (χ2v) is 4.47. The highest BCUT2D eigenvalue weighted by Crippen LogP contribution is 2.44. The second-order valence-electron chi connectivity index (χ2n) is 4.47. The number of rotatable bonds is 3. The van der Waals surface area contributed by atoms with Gasteiger partial charge in [-0.3, -0.25) is 10.1 Å². The number of hydrogen-bond acceptors (Lipinski definition) is 4. The molecule has 1 aliphatic carbocycles. The highest BCUT2D eigenvalue weighted by molar-refractivity contribution is 5.41. The van der Waals surface area contributed by atoms with Crippen molar-refractivity contribution in [1.29, 1.82) is 0 Å². The summed E-state index contributed by atoms with van der Waals surface area (Å²) < 4.78 is 13.7. The number of nitrogens with zero attached hydrogens (tertiary/aromatic N) is 1. The Labute approximate surface area is 97.2 Å². The Morgan fingerprint density at radius 2 is 2.24 bits per heavy atom. The fraction of sp³-hybridized carbons (Fsp3) is 0.455. The molecule has 1 aromatic rings. The van der Waals surface area contributed by atoms with Crippen LogP contribution in [0, 0.1) is 15.9 Å². The van der Waals surface area contributed by atoms with Crippen LogP contribution in [0.3, 0.4) is 0 Å². The van der Waals surface area contributed by atoms with Gasteiger partial charge in [0.2, 0.25) is 0 Å². The Balaban J connectivity index is 2.43. The monoisotopic (exact) mass is 240 g/mol. The van der Waals surface area contributed by atoms with Gasteiger partial charge in [-0.2, -0.15) is 0 Å². The third-order valence-corrected chi connectivity index (χ3v) is 3.38. The van der Waals surface area contributed by atoms with E-state index in [1.807, 2.05) is 0 Å². The molecule has 0 spiro atoms. The Morgan fingerprint density at radius 1 is 1.59 bits per heavy atom. The lowest BCUT2D eigenvalue weighted by atomic mass is 9.62. The van der Waals surface area contributed by atoms with Gasteiger partial charge in [-0.1, -0.05) is 0 Å². The number of nitro benzene ring substituents is 1. The van der Waals surface area contributed by atoms with Crippen LogP contribution in [0.15, 0.2) is 18.2 Å². The minimum absolute atomic E-state index is 0.157. The highest BCUT2D eigenvalue weighted by atomic mass is 19.1. The molecule has 3 N–H and O–H groups in total. The summed E-state index contributed by atoms with van der Waals surface area (Å²) in [6.07, 6.45) is 0.195. The van der Waals surface area contributed by atoms with E-state index in [-0.39, 0.29) is 17.8 Å². The zero-order valence-corrected chi connectivity index (χ0v) is 9.10. The molecule has 0 saturated heterocycles. The first kappa shape index (κ1) is 11.9. The van der Waals surface area contributed by atoms with E-state index in [2.05, 4.69) is 0 Å². The molecule has 17 heavy (non-hydrogen) atoms. The quantitative estimate of drug-likeness (QED) is 0.611. The lowest BCUT2D eigenvalue weighted by molar-refractivity contribution is -0.385. The molecular formula is C11H13FN2O3. The molecule has 0 unspecified atom stereocenters. The highest BCUT2D eigenvalue weighted by Gasteiger charge is 2.45. The van der Waals surface area contributed by atoms with Crippen molar-refractivity contribution in [2.24, 2.45) is 5.73 Å². The fourth-order valence-electron chi connectivity index (χ4n) is 2.37. The maximum Gasteiger partial charge on any atom is 0.269 e. The Hall–Kier alpha value is -1.53. The van der Waals surface area contributed by atoms with Gasteiger partial charge in [-0.15, -0.1) is 0 Å². The summed E-state index contributed by atoms with van der Waals surface area (Å²) >= 11 is 0. The van der Waals surface area contributed by atoms with Crippen molar-refractivity contribution in [1.82, 2.24) is 0 Å². The van der Waals surface area contributed by atoms with Crippen LogP contribution >= 0.6 is 0 Å². The molecular weight excluding hydrogens is 227 g/mol. The third kappa shape index (κ3) is 1.89. The first-order valence-electron chi connectivity index (χ1n) is 5.31. The van der Waals surface area contributed by atoms with Gasteiger partial charge in [-0.25, -0.2) is 4.39 Å². The van der Waals surface area contributed by atoms with Crippen LogP contribution in [-0.4, -0.2) is 22.7 Å². The Morgan fingerprint density at radius 3 is 2.71 bits per heavy atom. The Bertz CT molecular complexity index is 458. The van der Waals surface area contributed by atoms with E-state index in [1.165, 1.54) is 6.07 Å². The number of nitro groups is 1. The first-order chi connectivity index (χ1) is 7.98. The summed E-state index contributed by atoms with van der Waals surface area (Å²) in [5.74, 6) is -0.507. The van der Waals surface area contributed by atoms with E-state index in [1.54, 1.807) is 0 Å². The Kier molecular flexibility index (Phi) is 2.84. The van der Waals surface area contributed by atoms with E-state index >= 15 is 0 Å². The van der Waals surface area contributed by atoms with Gasteiger partial charge < -0.3 is 10.8 Å². The maximum absolute atomic E-state index is 13.7. The summed E-state index contributed by atoms with van der Waals surface area (Å²) in [6.45, 7) is 0.169. The van der Waals surface area contributed by atoms with Crippen molar-refractivity contribution in [3.63, 3.8) is 0 Å². The number of aliphatic hydroxyl groups is 1. The van der Waals surface area contributed by atoms with Crippen molar-refractivity contribution >= 4 is 5.69 Å². The summed E-state index contributed by atoms with van der Waals surface area (Å²) in [6, 6.07) is 3.42. The molecule has 1 aliphatic rings. The van der Waals surface area contributed by atoms with E-state index in [0.717, 1.165) is 12.1 Å². The molecule has 0 radical (unpaired) electrons. The van der Waals surface area contributed by atoms with E-state index in [4.69, 9.17) is 5.73 Å². The fourth-order valence-corrected chi connectivity index (χ4v) is 2.37. The SMILES string of the molecule is NCC1(c2cc([N+](=O)[O-])ccc2F)CC(O)C1. The van der Waals surface area contributed by atoms with Crippen molar-refractivity contribution < 1.29 is 14.4 Å². The lowest BCUT2D eigenvalue weighted by Crippen LogP contribution is -2.50. The van der Waals surface area contributed by atoms with Crippen molar-refractivity contribution in [3.05, 3.63) is 39.7 Å². The van der Waals surface area contributed by atoms with Crippen molar-refractivity contribution in [2.75, 3.05) is 6.54 Å². The van der Waals surface area contributed by atoms with E-state index in [9.17, 15) is 19.6 Å². The molecule has 0 aliphatic heterocycles. The van der Waals surface area contributed by atoms with Crippen molar-refractivity contribution in [3.8, 4) is 0 Å². The maximum atomic E-state index is 13.7. The standard InChI is InChI=1S/C11H13FN2O3/c12-10-2-1-7(14(16)17)3-9(10)11(6-13)4-8(15)5-11/h1-3,8,15H,4-6,13H2. The zero-order chi connectivity index (χ0) is 12.6. The smallest absolute Gasteiger partial charge is 0.269 e. The number of non-ortho nitro benzene ring substituents is 1. The largest absolute Gasteiger partial charge is 0.393 e. The van der Waals surface area contributed by atoms with Crippen LogP contribution in [0.4, 0.5) is 10.1 Å². The molecule has 1 aromatic carbocycles. The molecule has 5 nitrogen and oxygen atoms in total. The van der Waals surface area contributed by atoms with Gasteiger partial charge in [0, 0.05) is 29.7 Å². The molecule has 1 saturated carbocycles. The van der Waals surface area contributed by atoms with Crippen LogP contribution in [0.25, 0.3) is 0 Å². The van der Waals surface area contributed by atoms with Gasteiger partial charge in [0.25, 0.3) is 5.69 Å². The molecule has 0 atom stereocenters. The average molecular weight is 240 g/mol. The van der Waals surface area contributed by atoms with Crippen LogP contribution in [0.2, 0.25) is 0 Å². The van der Waals surface area contributed by atoms with E-state index < -0.39 is 22.3 Å². The summed E-state index contributed by atoms with van der Waals surface area (Å²) in [7, 11) is 0. The lowest BCUT2D eigenvalue weighted by Gasteiger charge is -2.45. The minimum atomic E-state index is -0.657. The van der Waals surface area contributed by atoms with E-state index in [0.29, 0.717) is 12.8 Å². The summed E-state index contributed by atoms with van der Waals surface area (Å²) in [5.41, 5.74) is 5.03. The van der Waals surface area contributed by atoms with Crippen LogP contribution in [0.5, 0.6) is 0 Å². The van der Waals surface area contributed by atoms with Crippen LogP contribution in [-0.2, 0) is 5.41 Å². The number of aliphatic hydroxyl groups excluding tert-OH is 1. The average Bonchev–Trinajstić information content (AvgIpc) is 2.25. The van der Waals surface area contributed by atoms with Gasteiger partial charge >= 0.3 is 0 Å². The molecule has 0 heterocycles. The topological polar surface area (TPSA) is 89.4 Å². The number of nitrogens with two attached hydrogens (primary N) is 1. The predicted molar refractivity (Wildman–Crippen MR) is 59.0 cm³/mol. The molecule has 0 bridgehead atoms. The molecule has 0 aromatic heterocycles. The summed E-state index contributed by atoms with van der Waals surface area (Å²) in [4.78, 5) is 10.1. The molecule has 92 valence electrons. The summed E-state index contributed by atoms with van der Waals surface area (Å²) in [5, 5.41) is 20.0. The normalized spacial score (nSPS) is 27.6. The number of benzene rings is 1. The van der Waals surface area contributed by atoms with Gasteiger partial charge in [0.15, 0.2) is 0 Å². The third-order valence-electron chi connectivity index (χ3n) is 3.38. The minimum Gasteiger partial charge on any atom is -0.393 e. The van der Waals surface area contributed by atoms with Gasteiger partial charge in [-0.05, 0) is 18.9 Å². The molecule has 2 rings (SSSR count). The zero-order valence-electron chi connectivity index (χ0n) is 9.10. The first-order valence-corrected chi connectivity index (χ1v) is 5.31. The molecule has 1 fully saturated rings. The van der Waals surface area contributed by atoms with Crippen LogP contribution < -0.4 is 5.73 Å². The number of hydrogen-bond donors (Lipinski definition) is 2. The molecule has 0 amide bonds. The van der Waals surface area contributed by atoms with Crippen LogP contribution in [0.1, 0.15) is 18.4 Å². The van der Waals surface area contributed by atoms with Crippen molar-refractivity contribution in [2.45, 2.75) is 24.4 Å². The van der Waals surface area contributed by atoms with Gasteiger partial charge in [0.1, 0.15) is 5.82 Å². The second kappa shape index (κ2) is 4.05. The number of halogens is 1.